The molecule has 18 heavy (non-hydrogen) atoms. The molecule has 0 spiro atoms. The molecule has 0 fully saturated rings. The SMILES string of the molecule is CCCCCCCCCCCCCOPCOC. The molecular weight excluding hydrogens is 243 g/mol. The number of rotatable bonds is 15. The lowest BCUT2D eigenvalue weighted by molar-refractivity contribution is 0.240. The monoisotopic (exact) mass is 276 g/mol. The molecule has 0 aliphatic rings. The second-order valence-corrected chi connectivity index (χ2v) is 5.83. The number of hydrogen-bond acceptors (Lipinski definition) is 2. The molecule has 0 radical (unpaired) electrons. The van der Waals surface area contributed by atoms with Crippen molar-refractivity contribution in [3.05, 3.63) is 0 Å². The topological polar surface area (TPSA) is 18.5 Å². The van der Waals surface area contributed by atoms with Crippen LogP contribution in [0.4, 0.5) is 0 Å². The molecule has 0 aliphatic carbocycles. The number of unbranched alkanes of at least 4 members (excludes halogenated alkanes) is 10. The van der Waals surface area contributed by atoms with E-state index in [2.05, 4.69) is 6.92 Å². The molecule has 0 aromatic carbocycles. The second kappa shape index (κ2) is 17.4. The second-order valence-electron chi connectivity index (χ2n) is 4.96. The van der Waals surface area contributed by atoms with Crippen molar-refractivity contribution >= 4 is 8.81 Å². The van der Waals surface area contributed by atoms with E-state index in [-0.39, 0.29) is 0 Å². The van der Waals surface area contributed by atoms with Crippen molar-refractivity contribution in [1.29, 1.82) is 0 Å². The molecule has 1 atom stereocenters. The first-order valence-corrected chi connectivity index (χ1v) is 8.87. The average molecular weight is 276 g/mol. The van der Waals surface area contributed by atoms with Crippen LogP contribution in [0.1, 0.15) is 77.6 Å². The van der Waals surface area contributed by atoms with Crippen molar-refractivity contribution in [3.8, 4) is 0 Å². The molecule has 0 saturated carbocycles. The number of ether oxygens (including phenoxy) is 1. The molecule has 0 saturated heterocycles. The fourth-order valence-corrected chi connectivity index (χ4v) is 2.50. The van der Waals surface area contributed by atoms with Gasteiger partial charge in [0.15, 0.2) is 0 Å². The Hall–Kier alpha value is 0.350. The van der Waals surface area contributed by atoms with E-state index in [0.717, 1.165) is 13.0 Å². The zero-order valence-corrected chi connectivity index (χ0v) is 13.5. The average Bonchev–Trinajstić information content (AvgIpc) is 2.39. The van der Waals surface area contributed by atoms with Gasteiger partial charge in [-0.2, -0.15) is 0 Å². The molecule has 0 amide bonds. The van der Waals surface area contributed by atoms with Gasteiger partial charge >= 0.3 is 0 Å². The summed E-state index contributed by atoms with van der Waals surface area (Å²) >= 11 is 0. The third-order valence-corrected chi connectivity index (χ3v) is 3.97. The van der Waals surface area contributed by atoms with Crippen LogP contribution in [-0.2, 0) is 9.26 Å². The Balaban J connectivity index is 2.86. The van der Waals surface area contributed by atoms with E-state index in [1.807, 2.05) is 0 Å². The summed E-state index contributed by atoms with van der Waals surface area (Å²) in [5.41, 5.74) is 0. The van der Waals surface area contributed by atoms with Gasteiger partial charge in [0.25, 0.3) is 0 Å². The number of hydrogen-bond donors (Lipinski definition) is 0. The van der Waals surface area contributed by atoms with Crippen LogP contribution in [0.15, 0.2) is 0 Å². The van der Waals surface area contributed by atoms with E-state index < -0.39 is 0 Å². The minimum Gasteiger partial charge on any atom is -0.378 e. The fraction of sp³-hybridized carbons (Fsp3) is 1.00. The molecular formula is C15H33O2P. The Bertz CT molecular complexity index is 126. The maximum atomic E-state index is 5.46. The Morgan fingerprint density at radius 2 is 1.22 bits per heavy atom. The van der Waals surface area contributed by atoms with E-state index in [4.69, 9.17) is 9.26 Å². The van der Waals surface area contributed by atoms with Crippen LogP contribution in [0.5, 0.6) is 0 Å². The van der Waals surface area contributed by atoms with Gasteiger partial charge in [-0.25, -0.2) is 0 Å². The minimum absolute atomic E-state index is 0.522. The summed E-state index contributed by atoms with van der Waals surface area (Å²) in [5.74, 6) is 0. The van der Waals surface area contributed by atoms with Crippen molar-refractivity contribution in [2.45, 2.75) is 77.6 Å². The summed E-state index contributed by atoms with van der Waals surface area (Å²) in [6, 6.07) is 0. The van der Waals surface area contributed by atoms with Crippen LogP contribution in [0, 0.1) is 0 Å². The van der Waals surface area contributed by atoms with Gasteiger partial charge in [0.2, 0.25) is 0 Å². The maximum absolute atomic E-state index is 5.46. The van der Waals surface area contributed by atoms with Crippen molar-refractivity contribution in [2.75, 3.05) is 20.1 Å². The molecule has 3 heteroatoms. The fourth-order valence-electron chi connectivity index (χ4n) is 2.01. The highest BCUT2D eigenvalue weighted by Crippen LogP contribution is 2.14. The molecule has 0 bridgehead atoms. The highest BCUT2D eigenvalue weighted by molar-refractivity contribution is 7.31. The Morgan fingerprint density at radius 3 is 1.72 bits per heavy atom. The standard InChI is InChI=1S/C15H33O2P/c1-3-4-5-6-7-8-9-10-11-12-13-14-17-18-15-16-2/h18H,3-15H2,1-2H3. The smallest absolute Gasteiger partial charge is 0.0876 e. The summed E-state index contributed by atoms with van der Waals surface area (Å²) in [7, 11) is 2.24. The van der Waals surface area contributed by atoms with Gasteiger partial charge in [-0.3, -0.25) is 0 Å². The van der Waals surface area contributed by atoms with Crippen molar-refractivity contribution < 1.29 is 9.26 Å². The molecule has 0 aliphatic heterocycles. The molecule has 0 rings (SSSR count). The summed E-state index contributed by atoms with van der Waals surface area (Å²) < 4.78 is 10.4. The van der Waals surface area contributed by atoms with E-state index in [1.54, 1.807) is 7.11 Å². The van der Waals surface area contributed by atoms with Crippen LogP contribution in [0.3, 0.4) is 0 Å². The van der Waals surface area contributed by atoms with E-state index in [9.17, 15) is 0 Å². The maximum Gasteiger partial charge on any atom is 0.0876 e. The first kappa shape index (κ1) is 18.4. The van der Waals surface area contributed by atoms with Crippen molar-refractivity contribution in [2.24, 2.45) is 0 Å². The Labute approximate surface area is 116 Å². The van der Waals surface area contributed by atoms with Gasteiger partial charge in [0.1, 0.15) is 0 Å². The molecule has 1 unspecified atom stereocenters. The van der Waals surface area contributed by atoms with E-state index in [0.29, 0.717) is 8.81 Å². The quantitative estimate of drug-likeness (QED) is 0.290. The first-order chi connectivity index (χ1) is 8.91. The largest absolute Gasteiger partial charge is 0.378 e. The van der Waals surface area contributed by atoms with Crippen LogP contribution < -0.4 is 0 Å². The minimum atomic E-state index is 0.522. The predicted molar refractivity (Wildman–Crippen MR) is 82.6 cm³/mol. The molecule has 2 nitrogen and oxygen atoms in total. The van der Waals surface area contributed by atoms with Gasteiger partial charge in [0.05, 0.1) is 13.0 Å². The van der Waals surface area contributed by atoms with Crippen LogP contribution in [0.2, 0.25) is 0 Å². The van der Waals surface area contributed by atoms with Crippen molar-refractivity contribution in [3.63, 3.8) is 0 Å². The van der Waals surface area contributed by atoms with Gasteiger partial charge in [-0.15, -0.1) is 0 Å². The first-order valence-electron chi connectivity index (χ1n) is 7.75. The molecule has 110 valence electrons. The van der Waals surface area contributed by atoms with Crippen LogP contribution in [0.25, 0.3) is 0 Å². The normalized spacial score (nSPS) is 11.7. The van der Waals surface area contributed by atoms with Gasteiger partial charge < -0.3 is 9.26 Å². The molecule has 0 aromatic rings. The third-order valence-electron chi connectivity index (χ3n) is 3.16. The lowest BCUT2D eigenvalue weighted by Crippen LogP contribution is -1.88. The van der Waals surface area contributed by atoms with Crippen LogP contribution >= 0.6 is 8.81 Å². The highest BCUT2D eigenvalue weighted by atomic mass is 31.1. The molecule has 0 heterocycles. The lowest BCUT2D eigenvalue weighted by atomic mass is 10.1. The van der Waals surface area contributed by atoms with E-state index >= 15 is 0 Å². The summed E-state index contributed by atoms with van der Waals surface area (Å²) in [6.07, 6.45) is 16.1. The number of methoxy groups -OCH3 is 1. The van der Waals surface area contributed by atoms with Gasteiger partial charge in [0, 0.05) is 15.9 Å². The highest BCUT2D eigenvalue weighted by Gasteiger charge is 1.93. The Kier molecular flexibility index (Phi) is 17.7. The van der Waals surface area contributed by atoms with Gasteiger partial charge in [-0.1, -0.05) is 71.1 Å². The summed E-state index contributed by atoms with van der Waals surface area (Å²) in [5, 5.41) is 0. The van der Waals surface area contributed by atoms with E-state index in [1.165, 1.54) is 70.6 Å². The Morgan fingerprint density at radius 1 is 0.722 bits per heavy atom. The zero-order valence-electron chi connectivity index (χ0n) is 12.5. The molecule has 0 N–H and O–H groups in total. The predicted octanol–water partition coefficient (Wildman–Crippen LogP) is 5.51. The molecule has 0 aromatic heterocycles. The zero-order chi connectivity index (χ0) is 13.3. The van der Waals surface area contributed by atoms with Crippen molar-refractivity contribution in [1.82, 2.24) is 0 Å². The van der Waals surface area contributed by atoms with Gasteiger partial charge in [-0.05, 0) is 6.42 Å². The third kappa shape index (κ3) is 16.4. The summed E-state index contributed by atoms with van der Waals surface area (Å²) in [4.78, 5) is 0. The summed E-state index contributed by atoms with van der Waals surface area (Å²) in [6.45, 7) is 3.19. The van der Waals surface area contributed by atoms with Crippen LogP contribution in [-0.4, -0.2) is 20.1 Å². The lowest BCUT2D eigenvalue weighted by Gasteiger charge is -2.04.